The lowest BCUT2D eigenvalue weighted by Crippen LogP contribution is -2.31. The molecule has 5 N–H and O–H groups in total. The van der Waals surface area contributed by atoms with E-state index in [4.69, 9.17) is 4.55 Å². The van der Waals surface area contributed by atoms with Crippen LogP contribution in [0.15, 0.2) is 68.6 Å². The molecule has 3 aromatic carbocycles. The fourth-order valence-electron chi connectivity index (χ4n) is 4.19. The number of benzene rings is 3. The zero-order chi connectivity index (χ0) is 37.9. The van der Waals surface area contributed by atoms with Crippen molar-refractivity contribution in [3.63, 3.8) is 0 Å². The maximum atomic E-state index is 14.3. The molecule has 1 amide bonds. The summed E-state index contributed by atoms with van der Waals surface area (Å²) in [4.78, 5) is 22.2. The van der Waals surface area contributed by atoms with Gasteiger partial charge in [0.05, 0.1) is 28.6 Å². The number of carbonyl (C=O) groups is 1. The Hall–Kier alpha value is -4.83. The highest BCUT2D eigenvalue weighted by atomic mass is 32.3. The molecule has 0 aliphatic carbocycles. The second-order valence-corrected chi connectivity index (χ2v) is 16.3. The molecular formula is C25H25FN8O13S4. The molecule has 51 heavy (non-hydrogen) atoms. The van der Waals surface area contributed by atoms with Gasteiger partial charge in [-0.3, -0.25) is 18.5 Å². The molecule has 0 atom stereocenters. The number of hydrogen-bond donors (Lipinski definition) is 5. The summed E-state index contributed by atoms with van der Waals surface area (Å²) >= 11 is 0. The van der Waals surface area contributed by atoms with Crippen molar-refractivity contribution in [2.45, 2.75) is 16.7 Å². The van der Waals surface area contributed by atoms with E-state index in [1.54, 1.807) is 0 Å². The van der Waals surface area contributed by atoms with Gasteiger partial charge in [0.25, 0.3) is 20.2 Å². The summed E-state index contributed by atoms with van der Waals surface area (Å²) in [6.45, 7) is 0.311. The first-order chi connectivity index (χ1) is 23.5. The SMILES string of the molecule is CC(=O)Nc1cc(Nc2nc(F)nc(N(C)CS(=O)(=O)CCOS(=O)(=O)O)n2)ccc1N=Nc1ccc2cc(S(=O)(=O)O)cc(S(=O)(=O)O)c2c1. The van der Waals surface area contributed by atoms with E-state index in [-0.39, 0.29) is 33.5 Å². The summed E-state index contributed by atoms with van der Waals surface area (Å²) in [7, 11) is -17.5. The molecule has 0 aliphatic rings. The average molecular weight is 793 g/mol. The standard InChI is InChI=1S/C25H25FN8O13S4/c1-14(35)27-21-11-16(28-24-29-23(26)30-25(31-24)34(2)13-48(36,37)8-7-47-51(44,45)46)5-6-20(21)33-32-17-4-3-15-9-18(49(38,39)40)12-22(19(15)10-17)50(41,42)43/h3-6,9-12H,7-8,13H2,1-2H3,(H,27,35)(H,38,39,40)(H,41,42,43)(H,44,45,46)(H,28,29,30,31). The zero-order valence-corrected chi connectivity index (χ0v) is 29.1. The first-order valence-electron chi connectivity index (χ1n) is 13.6. The molecule has 0 fully saturated rings. The molecule has 0 bridgehead atoms. The summed E-state index contributed by atoms with van der Waals surface area (Å²) in [6.07, 6.45) is -1.31. The van der Waals surface area contributed by atoms with Crippen molar-refractivity contribution in [1.29, 1.82) is 0 Å². The van der Waals surface area contributed by atoms with Crippen LogP contribution < -0.4 is 15.5 Å². The van der Waals surface area contributed by atoms with Crippen LogP contribution in [0.1, 0.15) is 6.92 Å². The number of sulfone groups is 1. The number of aromatic nitrogens is 3. The number of nitrogens with one attached hydrogen (secondary N) is 2. The summed E-state index contributed by atoms with van der Waals surface area (Å²) < 4.78 is 139. The predicted molar refractivity (Wildman–Crippen MR) is 176 cm³/mol. The third kappa shape index (κ3) is 11.1. The monoisotopic (exact) mass is 792 g/mol. The van der Waals surface area contributed by atoms with Gasteiger partial charge in [-0.25, -0.2) is 12.6 Å². The number of halogens is 1. The number of azo groups is 1. The molecule has 0 saturated carbocycles. The summed E-state index contributed by atoms with van der Waals surface area (Å²) in [5, 5.41) is 13.1. The van der Waals surface area contributed by atoms with E-state index in [0.29, 0.717) is 6.07 Å². The third-order valence-corrected chi connectivity index (χ3v) is 10.00. The topological polar surface area (TPSA) is 314 Å². The number of hydrogen-bond acceptors (Lipinski definition) is 17. The van der Waals surface area contributed by atoms with Crippen LogP contribution in [0.3, 0.4) is 0 Å². The van der Waals surface area contributed by atoms with Gasteiger partial charge < -0.3 is 15.5 Å². The van der Waals surface area contributed by atoms with Gasteiger partial charge >= 0.3 is 16.5 Å². The Morgan fingerprint density at radius 3 is 2.24 bits per heavy atom. The molecule has 26 heteroatoms. The van der Waals surface area contributed by atoms with Crippen LogP contribution >= 0.6 is 0 Å². The first kappa shape index (κ1) is 39.0. The van der Waals surface area contributed by atoms with Crippen LogP contribution in [-0.2, 0) is 49.5 Å². The van der Waals surface area contributed by atoms with Crippen molar-refractivity contribution >= 4 is 91.8 Å². The zero-order valence-electron chi connectivity index (χ0n) is 25.9. The van der Waals surface area contributed by atoms with Crippen molar-refractivity contribution in [2.24, 2.45) is 10.2 Å². The Kier molecular flexibility index (Phi) is 11.3. The molecule has 0 unspecified atom stereocenters. The fourth-order valence-corrected chi connectivity index (χ4v) is 7.11. The van der Waals surface area contributed by atoms with Crippen molar-refractivity contribution in [3.8, 4) is 0 Å². The van der Waals surface area contributed by atoms with Crippen molar-refractivity contribution < 1.29 is 60.7 Å². The minimum Gasteiger partial charge on any atom is -0.329 e. The van der Waals surface area contributed by atoms with Crippen molar-refractivity contribution in [3.05, 3.63) is 54.6 Å². The Morgan fingerprint density at radius 2 is 1.61 bits per heavy atom. The van der Waals surface area contributed by atoms with Gasteiger partial charge in [0.2, 0.25) is 17.8 Å². The largest absolute Gasteiger partial charge is 0.397 e. The maximum absolute atomic E-state index is 14.3. The number of fused-ring (bicyclic) bond motifs is 1. The minimum absolute atomic E-state index is 0.0158. The van der Waals surface area contributed by atoms with Crippen LogP contribution in [0.5, 0.6) is 0 Å². The van der Waals surface area contributed by atoms with Gasteiger partial charge in [-0.05, 0) is 47.9 Å². The van der Waals surface area contributed by atoms with Crippen LogP contribution in [0.4, 0.5) is 39.0 Å². The third-order valence-electron chi connectivity index (χ3n) is 6.24. The molecule has 0 aliphatic heterocycles. The van der Waals surface area contributed by atoms with E-state index >= 15 is 0 Å². The Morgan fingerprint density at radius 1 is 0.902 bits per heavy atom. The number of nitrogens with zero attached hydrogens (tertiary/aromatic N) is 6. The lowest BCUT2D eigenvalue weighted by molar-refractivity contribution is -0.114. The number of carbonyl (C=O) groups excluding carboxylic acids is 1. The van der Waals surface area contributed by atoms with Gasteiger partial charge in [0, 0.05) is 25.0 Å². The van der Waals surface area contributed by atoms with E-state index in [0.717, 1.165) is 11.0 Å². The average Bonchev–Trinajstić information content (AvgIpc) is 2.97. The van der Waals surface area contributed by atoms with Gasteiger partial charge in [-0.2, -0.15) is 49.7 Å². The first-order valence-corrected chi connectivity index (χ1v) is 19.6. The van der Waals surface area contributed by atoms with Crippen LogP contribution in [0, 0.1) is 6.08 Å². The van der Waals surface area contributed by atoms with Gasteiger partial charge in [-0.1, -0.05) is 6.07 Å². The highest BCUT2D eigenvalue weighted by molar-refractivity contribution is 7.91. The normalized spacial score (nSPS) is 12.7. The molecule has 4 rings (SSSR count). The molecule has 1 heterocycles. The number of anilines is 4. The van der Waals surface area contributed by atoms with E-state index in [1.807, 2.05) is 0 Å². The van der Waals surface area contributed by atoms with Gasteiger partial charge in [0.1, 0.15) is 16.5 Å². The van der Waals surface area contributed by atoms with E-state index in [2.05, 4.69) is 40.0 Å². The molecule has 274 valence electrons. The summed E-state index contributed by atoms with van der Waals surface area (Å²) in [5.74, 6) is -3.02. The van der Waals surface area contributed by atoms with Crippen molar-refractivity contribution in [2.75, 3.05) is 40.8 Å². The number of rotatable bonds is 14. The second-order valence-electron chi connectivity index (χ2n) is 10.3. The lowest BCUT2D eigenvalue weighted by Gasteiger charge is -2.17. The Balaban J connectivity index is 1.60. The quantitative estimate of drug-likeness (QED) is 0.0904. The summed E-state index contributed by atoms with van der Waals surface area (Å²) in [6, 6.07) is 9.38. The molecule has 0 saturated heterocycles. The van der Waals surface area contributed by atoms with Crippen LogP contribution in [0.25, 0.3) is 10.8 Å². The predicted octanol–water partition coefficient (Wildman–Crippen LogP) is 2.40. The highest BCUT2D eigenvalue weighted by Gasteiger charge is 2.22. The molecule has 1 aromatic heterocycles. The Bertz CT molecular complexity index is 2500. The summed E-state index contributed by atoms with van der Waals surface area (Å²) in [5.41, 5.74) is 0.287. The van der Waals surface area contributed by atoms with Gasteiger partial charge in [-0.15, -0.1) is 5.11 Å². The molecular weight excluding hydrogens is 768 g/mol. The van der Waals surface area contributed by atoms with Gasteiger partial charge in [0.15, 0.2) is 9.84 Å². The second kappa shape index (κ2) is 14.8. The smallest absolute Gasteiger partial charge is 0.329 e. The minimum atomic E-state index is -4.97. The highest BCUT2D eigenvalue weighted by Crippen LogP contribution is 2.34. The number of amides is 1. The maximum Gasteiger partial charge on any atom is 0.397 e. The van der Waals surface area contributed by atoms with E-state index < -0.39 is 92.4 Å². The van der Waals surface area contributed by atoms with E-state index in [1.165, 1.54) is 50.4 Å². The molecule has 4 aromatic rings. The van der Waals surface area contributed by atoms with Crippen LogP contribution in [-0.4, -0.2) is 93.5 Å². The van der Waals surface area contributed by atoms with E-state index in [9.17, 15) is 52.0 Å². The molecule has 0 spiro atoms. The Labute approximate surface area is 289 Å². The van der Waals surface area contributed by atoms with Crippen LogP contribution in [0.2, 0.25) is 0 Å². The lowest BCUT2D eigenvalue weighted by atomic mass is 10.1. The molecule has 0 radical (unpaired) electrons. The molecule has 21 nitrogen and oxygen atoms in total. The fraction of sp³-hybridized carbons (Fsp3) is 0.200. The van der Waals surface area contributed by atoms with Crippen molar-refractivity contribution in [1.82, 2.24) is 15.0 Å².